The van der Waals surface area contributed by atoms with E-state index >= 15 is 0 Å². The molecule has 0 bridgehead atoms. The van der Waals surface area contributed by atoms with Crippen molar-refractivity contribution < 1.29 is 4.74 Å². The van der Waals surface area contributed by atoms with Crippen LogP contribution in [0.1, 0.15) is 24.8 Å². The molecule has 1 fully saturated rings. The lowest BCUT2D eigenvalue weighted by molar-refractivity contribution is 0.180. The van der Waals surface area contributed by atoms with Gasteiger partial charge in [0.05, 0.1) is 6.61 Å². The number of benzene rings is 1. The molecular weight excluding hydrogens is 287 g/mol. The molecule has 1 saturated carbocycles. The first kappa shape index (κ1) is 10.3. The zero-order valence-corrected chi connectivity index (χ0v) is 10.6. The summed E-state index contributed by atoms with van der Waals surface area (Å²) in [4.78, 5) is 0. The second kappa shape index (κ2) is 4.51. The molecule has 0 atom stereocenters. The summed E-state index contributed by atoms with van der Waals surface area (Å²) >= 11 is 2.35. The molecule has 0 amide bonds. The van der Waals surface area contributed by atoms with Crippen LogP contribution in [0.3, 0.4) is 0 Å². The van der Waals surface area contributed by atoms with E-state index in [0.29, 0.717) is 0 Å². The molecule has 0 saturated heterocycles. The van der Waals surface area contributed by atoms with Crippen molar-refractivity contribution in [2.45, 2.75) is 26.2 Å². The SMILES string of the molecule is Cc1cc(OCC2CCC2)ccc1I. The number of halogens is 1. The van der Waals surface area contributed by atoms with Gasteiger partial charge in [-0.15, -0.1) is 0 Å². The molecule has 2 rings (SSSR count). The smallest absolute Gasteiger partial charge is 0.119 e. The fourth-order valence-electron chi connectivity index (χ4n) is 1.58. The van der Waals surface area contributed by atoms with Gasteiger partial charge >= 0.3 is 0 Å². The third-order valence-electron chi connectivity index (χ3n) is 2.84. The van der Waals surface area contributed by atoms with E-state index in [0.717, 1.165) is 18.3 Å². The van der Waals surface area contributed by atoms with Crippen LogP contribution in [0, 0.1) is 16.4 Å². The van der Waals surface area contributed by atoms with Crippen LogP contribution >= 0.6 is 22.6 Å². The number of hydrogen-bond acceptors (Lipinski definition) is 1. The van der Waals surface area contributed by atoms with Crippen molar-refractivity contribution in [1.29, 1.82) is 0 Å². The van der Waals surface area contributed by atoms with Gasteiger partial charge in [-0.1, -0.05) is 6.42 Å². The molecule has 0 aliphatic heterocycles. The summed E-state index contributed by atoms with van der Waals surface area (Å²) in [5.74, 6) is 1.84. The molecule has 14 heavy (non-hydrogen) atoms. The summed E-state index contributed by atoms with van der Waals surface area (Å²) in [6.07, 6.45) is 4.09. The minimum atomic E-state index is 0.814. The Hall–Kier alpha value is -0.250. The summed E-state index contributed by atoms with van der Waals surface area (Å²) < 4.78 is 7.05. The van der Waals surface area contributed by atoms with Gasteiger partial charge in [0.2, 0.25) is 0 Å². The van der Waals surface area contributed by atoms with Crippen molar-refractivity contribution in [3.8, 4) is 5.75 Å². The van der Waals surface area contributed by atoms with Crippen LogP contribution in [0.15, 0.2) is 18.2 Å². The zero-order chi connectivity index (χ0) is 9.97. The largest absolute Gasteiger partial charge is 0.493 e. The molecule has 1 aliphatic carbocycles. The Morgan fingerprint density at radius 1 is 1.43 bits per heavy atom. The highest BCUT2D eigenvalue weighted by molar-refractivity contribution is 14.1. The fourth-order valence-corrected chi connectivity index (χ4v) is 1.92. The number of ether oxygens (including phenoxy) is 1. The predicted molar refractivity (Wildman–Crippen MR) is 66.7 cm³/mol. The normalized spacial score (nSPS) is 16.4. The molecule has 1 nitrogen and oxygen atoms in total. The minimum absolute atomic E-state index is 0.814. The summed E-state index contributed by atoms with van der Waals surface area (Å²) in [6, 6.07) is 6.31. The van der Waals surface area contributed by atoms with E-state index in [1.165, 1.54) is 28.4 Å². The quantitative estimate of drug-likeness (QED) is 0.772. The van der Waals surface area contributed by atoms with Crippen molar-refractivity contribution in [2.75, 3.05) is 6.61 Å². The second-order valence-corrected chi connectivity index (χ2v) is 5.18. The maximum atomic E-state index is 5.74. The van der Waals surface area contributed by atoms with Gasteiger partial charge in [-0.05, 0) is 72.0 Å². The van der Waals surface area contributed by atoms with Crippen LogP contribution in [-0.4, -0.2) is 6.61 Å². The van der Waals surface area contributed by atoms with Crippen LogP contribution in [0.5, 0.6) is 5.75 Å². The number of aryl methyl sites for hydroxylation is 1. The Bertz CT molecular complexity index is 318. The molecule has 2 heteroatoms. The molecule has 76 valence electrons. The van der Waals surface area contributed by atoms with E-state index < -0.39 is 0 Å². The molecule has 1 aromatic carbocycles. The molecule has 0 radical (unpaired) electrons. The van der Waals surface area contributed by atoms with E-state index in [1.54, 1.807) is 0 Å². The zero-order valence-electron chi connectivity index (χ0n) is 8.42. The first-order valence-corrected chi connectivity index (χ1v) is 6.22. The number of hydrogen-bond donors (Lipinski definition) is 0. The van der Waals surface area contributed by atoms with E-state index in [4.69, 9.17) is 4.74 Å². The van der Waals surface area contributed by atoms with E-state index in [1.807, 2.05) is 0 Å². The molecule has 0 heterocycles. The van der Waals surface area contributed by atoms with Gasteiger partial charge in [0, 0.05) is 3.57 Å². The molecule has 0 N–H and O–H groups in total. The van der Waals surface area contributed by atoms with E-state index in [9.17, 15) is 0 Å². The molecule has 0 aromatic heterocycles. The van der Waals surface area contributed by atoms with Gasteiger partial charge < -0.3 is 4.74 Å². The maximum absolute atomic E-state index is 5.74. The lowest BCUT2D eigenvalue weighted by atomic mass is 9.86. The fraction of sp³-hybridized carbons (Fsp3) is 0.500. The number of rotatable bonds is 3. The van der Waals surface area contributed by atoms with Crippen LogP contribution in [0.4, 0.5) is 0 Å². The van der Waals surface area contributed by atoms with E-state index in [-0.39, 0.29) is 0 Å². The summed E-state index contributed by atoms with van der Waals surface area (Å²) in [5.41, 5.74) is 1.30. The second-order valence-electron chi connectivity index (χ2n) is 4.02. The Labute approximate surface area is 99.0 Å². The van der Waals surface area contributed by atoms with Gasteiger partial charge in [0.25, 0.3) is 0 Å². The van der Waals surface area contributed by atoms with Crippen LogP contribution in [-0.2, 0) is 0 Å². The minimum Gasteiger partial charge on any atom is -0.493 e. The predicted octanol–water partition coefficient (Wildman–Crippen LogP) is 3.78. The average molecular weight is 302 g/mol. The summed E-state index contributed by atoms with van der Waals surface area (Å²) in [6.45, 7) is 3.03. The first-order chi connectivity index (χ1) is 6.75. The van der Waals surface area contributed by atoms with Gasteiger partial charge in [-0.3, -0.25) is 0 Å². The maximum Gasteiger partial charge on any atom is 0.119 e. The molecular formula is C12H15IO. The van der Waals surface area contributed by atoms with Crippen molar-refractivity contribution in [3.05, 3.63) is 27.3 Å². The highest BCUT2D eigenvalue weighted by Gasteiger charge is 2.17. The Morgan fingerprint density at radius 3 is 2.79 bits per heavy atom. The third kappa shape index (κ3) is 2.41. The molecule has 1 aliphatic rings. The van der Waals surface area contributed by atoms with Crippen molar-refractivity contribution >= 4 is 22.6 Å². The van der Waals surface area contributed by atoms with Crippen LogP contribution in [0.2, 0.25) is 0 Å². The van der Waals surface area contributed by atoms with E-state index in [2.05, 4.69) is 47.7 Å². The standard InChI is InChI=1S/C12H15IO/c1-9-7-11(5-6-12(9)13)14-8-10-3-2-4-10/h5-7,10H,2-4,8H2,1H3. The lowest BCUT2D eigenvalue weighted by Crippen LogP contribution is -2.19. The van der Waals surface area contributed by atoms with Crippen molar-refractivity contribution in [2.24, 2.45) is 5.92 Å². The average Bonchev–Trinajstić information content (AvgIpc) is 2.08. The van der Waals surface area contributed by atoms with Crippen molar-refractivity contribution in [1.82, 2.24) is 0 Å². The van der Waals surface area contributed by atoms with Crippen LogP contribution in [0.25, 0.3) is 0 Å². The molecule has 1 aromatic rings. The Balaban J connectivity index is 1.91. The summed E-state index contributed by atoms with van der Waals surface area (Å²) in [5, 5.41) is 0. The van der Waals surface area contributed by atoms with Crippen LogP contribution < -0.4 is 4.74 Å². The first-order valence-electron chi connectivity index (χ1n) is 5.14. The lowest BCUT2D eigenvalue weighted by Gasteiger charge is -2.25. The van der Waals surface area contributed by atoms with Gasteiger partial charge in [0.1, 0.15) is 5.75 Å². The summed E-state index contributed by atoms with van der Waals surface area (Å²) in [7, 11) is 0. The highest BCUT2D eigenvalue weighted by Crippen LogP contribution is 2.27. The van der Waals surface area contributed by atoms with Gasteiger partial charge in [-0.25, -0.2) is 0 Å². The molecule has 0 unspecified atom stereocenters. The monoisotopic (exact) mass is 302 g/mol. The van der Waals surface area contributed by atoms with Gasteiger partial charge in [-0.2, -0.15) is 0 Å². The molecule has 0 spiro atoms. The van der Waals surface area contributed by atoms with Crippen molar-refractivity contribution in [3.63, 3.8) is 0 Å². The Morgan fingerprint density at radius 2 is 2.21 bits per heavy atom. The van der Waals surface area contributed by atoms with Gasteiger partial charge in [0.15, 0.2) is 0 Å². The highest BCUT2D eigenvalue weighted by atomic mass is 127. The topological polar surface area (TPSA) is 9.23 Å². The Kier molecular flexibility index (Phi) is 3.31. The third-order valence-corrected chi connectivity index (χ3v) is 4.05.